The van der Waals surface area contributed by atoms with Crippen LogP contribution in [-0.4, -0.2) is 21.8 Å². The summed E-state index contributed by atoms with van der Waals surface area (Å²) in [7, 11) is 0. The number of hydrogen-bond donors (Lipinski definition) is 1. The Balaban J connectivity index is 2.68. The van der Waals surface area contributed by atoms with E-state index in [9.17, 15) is 14.9 Å². The number of nitrogens with zero attached hydrogens (tertiary/aromatic N) is 1. The van der Waals surface area contributed by atoms with Gasteiger partial charge in [0, 0.05) is 12.6 Å². The fourth-order valence-electron chi connectivity index (χ4n) is 1.79. The van der Waals surface area contributed by atoms with Crippen LogP contribution in [-0.2, 0) is 0 Å². The molecule has 1 aromatic carbocycles. The third kappa shape index (κ3) is 4.77. The van der Waals surface area contributed by atoms with Gasteiger partial charge in [-0.05, 0) is 29.8 Å². The number of nitro groups is 1. The number of unbranched alkanes of at least 4 members (excludes halogenated alkanes) is 2. The number of rotatable bonds is 7. The SMILES string of the molecule is Cc1cccc([N+](=O)[O-])c1C(=O)NCCCCCI. The minimum Gasteiger partial charge on any atom is -0.352 e. The van der Waals surface area contributed by atoms with Crippen LogP contribution in [0.2, 0.25) is 0 Å². The lowest BCUT2D eigenvalue weighted by atomic mass is 10.1. The fraction of sp³-hybridized carbons (Fsp3) is 0.462. The van der Waals surface area contributed by atoms with Crippen LogP contribution in [0.25, 0.3) is 0 Å². The number of alkyl halides is 1. The Morgan fingerprint density at radius 3 is 2.74 bits per heavy atom. The zero-order chi connectivity index (χ0) is 14.3. The number of benzene rings is 1. The number of hydrogen-bond acceptors (Lipinski definition) is 3. The van der Waals surface area contributed by atoms with Crippen LogP contribution in [0.4, 0.5) is 5.69 Å². The Bertz CT molecular complexity index is 463. The first-order valence-corrected chi connectivity index (χ1v) is 7.68. The van der Waals surface area contributed by atoms with Gasteiger partial charge < -0.3 is 5.32 Å². The van der Waals surface area contributed by atoms with Gasteiger partial charge in [-0.1, -0.05) is 41.1 Å². The number of nitro benzene ring substituents is 1. The molecule has 104 valence electrons. The molecule has 0 aliphatic heterocycles. The second-order valence-electron chi connectivity index (χ2n) is 4.23. The van der Waals surface area contributed by atoms with Crippen molar-refractivity contribution in [2.24, 2.45) is 0 Å². The molecule has 0 bridgehead atoms. The highest BCUT2D eigenvalue weighted by atomic mass is 127. The van der Waals surface area contributed by atoms with Crippen molar-refractivity contribution in [2.75, 3.05) is 11.0 Å². The molecule has 0 aliphatic rings. The van der Waals surface area contributed by atoms with Gasteiger partial charge in [-0.3, -0.25) is 14.9 Å². The van der Waals surface area contributed by atoms with Gasteiger partial charge >= 0.3 is 0 Å². The Hall–Kier alpha value is -1.18. The summed E-state index contributed by atoms with van der Waals surface area (Å²) in [6.07, 6.45) is 3.08. The average Bonchev–Trinajstić information content (AvgIpc) is 2.37. The first-order valence-electron chi connectivity index (χ1n) is 6.16. The van der Waals surface area contributed by atoms with Crippen molar-refractivity contribution in [1.29, 1.82) is 0 Å². The summed E-state index contributed by atoms with van der Waals surface area (Å²) in [6, 6.07) is 4.65. The molecule has 1 amide bonds. The highest BCUT2D eigenvalue weighted by Crippen LogP contribution is 2.21. The molecule has 1 aromatic rings. The maximum atomic E-state index is 12.0. The van der Waals surface area contributed by atoms with E-state index in [1.54, 1.807) is 19.1 Å². The minimum atomic E-state index is -0.516. The van der Waals surface area contributed by atoms with E-state index in [4.69, 9.17) is 0 Å². The molecule has 6 heteroatoms. The van der Waals surface area contributed by atoms with E-state index < -0.39 is 4.92 Å². The van der Waals surface area contributed by atoms with Crippen LogP contribution < -0.4 is 5.32 Å². The molecule has 0 unspecified atom stereocenters. The molecule has 0 aliphatic carbocycles. The van der Waals surface area contributed by atoms with Gasteiger partial charge in [-0.15, -0.1) is 0 Å². The van der Waals surface area contributed by atoms with E-state index in [0.29, 0.717) is 12.1 Å². The highest BCUT2D eigenvalue weighted by Gasteiger charge is 2.21. The first-order chi connectivity index (χ1) is 9.07. The number of carbonyl (C=O) groups excluding carboxylic acids is 1. The Morgan fingerprint density at radius 2 is 2.11 bits per heavy atom. The van der Waals surface area contributed by atoms with Crippen molar-refractivity contribution in [3.8, 4) is 0 Å². The molecule has 0 aromatic heterocycles. The number of nitrogens with one attached hydrogen (secondary N) is 1. The van der Waals surface area contributed by atoms with Crippen molar-refractivity contribution in [3.05, 3.63) is 39.4 Å². The van der Waals surface area contributed by atoms with Gasteiger partial charge in [0.2, 0.25) is 0 Å². The predicted molar refractivity (Wildman–Crippen MR) is 82.9 cm³/mol. The molecule has 5 nitrogen and oxygen atoms in total. The molecule has 19 heavy (non-hydrogen) atoms. The fourth-order valence-corrected chi connectivity index (χ4v) is 2.33. The molecular formula is C13H17IN2O3. The van der Waals surface area contributed by atoms with Gasteiger partial charge in [0.25, 0.3) is 11.6 Å². The van der Waals surface area contributed by atoms with Crippen molar-refractivity contribution in [2.45, 2.75) is 26.2 Å². The van der Waals surface area contributed by atoms with E-state index in [1.165, 1.54) is 6.07 Å². The van der Waals surface area contributed by atoms with Crippen molar-refractivity contribution in [1.82, 2.24) is 5.32 Å². The van der Waals surface area contributed by atoms with Crippen LogP contribution in [0.1, 0.15) is 35.2 Å². The van der Waals surface area contributed by atoms with Crippen LogP contribution in [0.3, 0.4) is 0 Å². The highest BCUT2D eigenvalue weighted by molar-refractivity contribution is 14.1. The zero-order valence-corrected chi connectivity index (χ0v) is 13.0. The molecule has 1 N–H and O–H groups in total. The third-order valence-corrected chi connectivity index (χ3v) is 3.53. The second kappa shape index (κ2) is 8.08. The van der Waals surface area contributed by atoms with Gasteiger partial charge in [0.05, 0.1) is 4.92 Å². The van der Waals surface area contributed by atoms with Crippen molar-refractivity contribution in [3.63, 3.8) is 0 Å². The van der Waals surface area contributed by atoms with Crippen LogP contribution >= 0.6 is 22.6 Å². The van der Waals surface area contributed by atoms with E-state index in [2.05, 4.69) is 27.9 Å². The smallest absolute Gasteiger partial charge is 0.282 e. The zero-order valence-electron chi connectivity index (χ0n) is 10.8. The molecule has 0 heterocycles. The number of carbonyl (C=O) groups is 1. The molecule has 0 radical (unpaired) electrons. The molecule has 1 rings (SSSR count). The summed E-state index contributed by atoms with van der Waals surface area (Å²) >= 11 is 2.32. The molecule has 0 spiro atoms. The molecule has 0 fully saturated rings. The Labute approximate surface area is 126 Å². The monoisotopic (exact) mass is 376 g/mol. The van der Waals surface area contributed by atoms with Crippen molar-refractivity contribution < 1.29 is 9.72 Å². The number of aryl methyl sites for hydroxylation is 1. The minimum absolute atomic E-state index is 0.134. The Morgan fingerprint density at radius 1 is 1.37 bits per heavy atom. The normalized spacial score (nSPS) is 10.2. The second-order valence-corrected chi connectivity index (χ2v) is 5.31. The Kier molecular flexibility index (Phi) is 6.75. The summed E-state index contributed by atoms with van der Waals surface area (Å²) < 4.78 is 1.11. The standard InChI is InChI=1S/C13H17IN2O3/c1-10-6-5-7-11(16(18)19)12(10)13(17)15-9-4-2-3-8-14/h5-7H,2-4,8-9H2,1H3,(H,15,17). The third-order valence-electron chi connectivity index (χ3n) is 2.77. The van der Waals surface area contributed by atoms with E-state index in [-0.39, 0.29) is 17.2 Å². The summed E-state index contributed by atoms with van der Waals surface area (Å²) in [5.74, 6) is -0.362. The summed E-state index contributed by atoms with van der Waals surface area (Å²) in [4.78, 5) is 22.4. The van der Waals surface area contributed by atoms with Crippen LogP contribution in [0, 0.1) is 17.0 Å². The van der Waals surface area contributed by atoms with Gasteiger partial charge in [-0.2, -0.15) is 0 Å². The molecule has 0 saturated carbocycles. The lowest BCUT2D eigenvalue weighted by Crippen LogP contribution is -2.26. The van der Waals surface area contributed by atoms with E-state index >= 15 is 0 Å². The van der Waals surface area contributed by atoms with Crippen molar-refractivity contribution >= 4 is 34.2 Å². The lowest BCUT2D eigenvalue weighted by molar-refractivity contribution is -0.385. The molecule has 0 atom stereocenters. The lowest BCUT2D eigenvalue weighted by Gasteiger charge is -2.08. The van der Waals surface area contributed by atoms with Gasteiger partial charge in [0.15, 0.2) is 0 Å². The molecule has 0 saturated heterocycles. The number of halogens is 1. The quantitative estimate of drug-likeness (QED) is 0.261. The first kappa shape index (κ1) is 15.9. The average molecular weight is 376 g/mol. The van der Waals surface area contributed by atoms with E-state index in [1.807, 2.05) is 0 Å². The van der Waals surface area contributed by atoms with Crippen LogP contribution in [0.5, 0.6) is 0 Å². The maximum absolute atomic E-state index is 12.0. The van der Waals surface area contributed by atoms with Gasteiger partial charge in [0.1, 0.15) is 5.56 Å². The number of amides is 1. The maximum Gasteiger partial charge on any atom is 0.282 e. The predicted octanol–water partition coefficient (Wildman–Crippen LogP) is 3.24. The van der Waals surface area contributed by atoms with Gasteiger partial charge in [-0.25, -0.2) is 0 Å². The summed E-state index contributed by atoms with van der Waals surface area (Å²) in [6.45, 7) is 2.26. The summed E-state index contributed by atoms with van der Waals surface area (Å²) in [5, 5.41) is 13.7. The van der Waals surface area contributed by atoms with E-state index in [0.717, 1.165) is 23.7 Å². The topological polar surface area (TPSA) is 72.2 Å². The van der Waals surface area contributed by atoms with Crippen LogP contribution in [0.15, 0.2) is 18.2 Å². The largest absolute Gasteiger partial charge is 0.352 e. The summed E-state index contributed by atoms with van der Waals surface area (Å²) in [5.41, 5.74) is 0.658. The molecular weight excluding hydrogens is 359 g/mol.